The standard InChI is InChI=1S/C31H39F3N6O3S/c1-37-14-11-23(12-15-37)36-27-7-4-8-29-26(27)20-24(40(29)22-31(32,33)34)6-5-13-35-28-10-9-25(21-30(28)43-3)44(41,42)39-18-16-38(2)17-19-39/h4,7-10,20-21,23,35-36H,11-19,22H2,1-3H3. The fourth-order valence-electron chi connectivity index (χ4n) is 5.67. The SMILES string of the molecule is COc1cc(S(=O)(=O)N2CCN(C)CC2)ccc1NCC#Cc1cc2c(NC3CCN(C)CC3)cccc2n1CC(F)(F)F. The summed E-state index contributed by atoms with van der Waals surface area (Å²) in [5.74, 6) is 6.18. The maximum atomic E-state index is 13.6. The van der Waals surface area contributed by atoms with Crippen LogP contribution in [0.2, 0.25) is 0 Å². The number of likely N-dealkylation sites (tertiary alicyclic amines) is 1. The molecule has 13 heteroatoms. The number of alkyl halides is 3. The van der Waals surface area contributed by atoms with Gasteiger partial charge in [0.05, 0.1) is 35.4 Å². The summed E-state index contributed by atoms with van der Waals surface area (Å²) in [4.78, 5) is 4.48. The third-order valence-corrected chi connectivity index (χ3v) is 10.1. The van der Waals surface area contributed by atoms with Crippen molar-refractivity contribution in [2.45, 2.75) is 36.5 Å². The lowest BCUT2D eigenvalue weighted by atomic mass is 10.0. The first kappa shape index (κ1) is 32.0. The molecule has 1 aromatic heterocycles. The summed E-state index contributed by atoms with van der Waals surface area (Å²) in [6.07, 6.45) is -2.50. The Bertz CT molecular complexity index is 1630. The zero-order chi connectivity index (χ0) is 31.5. The van der Waals surface area contributed by atoms with E-state index in [9.17, 15) is 21.6 Å². The van der Waals surface area contributed by atoms with E-state index >= 15 is 0 Å². The molecule has 5 rings (SSSR count). The van der Waals surface area contributed by atoms with Crippen molar-refractivity contribution >= 4 is 32.3 Å². The molecule has 238 valence electrons. The van der Waals surface area contributed by atoms with Crippen molar-refractivity contribution < 1.29 is 26.3 Å². The third-order valence-electron chi connectivity index (χ3n) is 8.22. The van der Waals surface area contributed by atoms with Gasteiger partial charge in [-0.05, 0) is 76.3 Å². The summed E-state index contributed by atoms with van der Waals surface area (Å²) < 4.78 is 75.3. The van der Waals surface area contributed by atoms with Crippen molar-refractivity contribution in [2.24, 2.45) is 0 Å². The van der Waals surface area contributed by atoms with Crippen molar-refractivity contribution in [3.05, 3.63) is 48.2 Å². The van der Waals surface area contributed by atoms with Crippen molar-refractivity contribution in [1.82, 2.24) is 18.7 Å². The van der Waals surface area contributed by atoms with E-state index in [-0.39, 0.29) is 23.2 Å². The lowest BCUT2D eigenvalue weighted by molar-refractivity contribution is -0.140. The number of ether oxygens (including phenoxy) is 1. The smallest absolute Gasteiger partial charge is 0.406 e. The van der Waals surface area contributed by atoms with Gasteiger partial charge in [-0.2, -0.15) is 17.5 Å². The summed E-state index contributed by atoms with van der Waals surface area (Å²) in [5, 5.41) is 7.35. The molecular formula is C31H39F3N6O3S. The van der Waals surface area contributed by atoms with Gasteiger partial charge in [-0.25, -0.2) is 8.42 Å². The normalized spacial score (nSPS) is 17.8. The molecule has 0 amide bonds. The molecule has 3 heterocycles. The van der Waals surface area contributed by atoms with Crippen LogP contribution in [0.3, 0.4) is 0 Å². The number of piperidine rings is 1. The van der Waals surface area contributed by atoms with Gasteiger partial charge in [-0.15, -0.1) is 0 Å². The molecule has 2 aliphatic heterocycles. The summed E-state index contributed by atoms with van der Waals surface area (Å²) >= 11 is 0. The number of anilines is 2. The van der Waals surface area contributed by atoms with Crippen LogP contribution in [0.25, 0.3) is 10.9 Å². The molecule has 9 nitrogen and oxygen atoms in total. The number of sulfonamides is 1. The first-order valence-corrected chi connectivity index (χ1v) is 16.1. The van der Waals surface area contributed by atoms with E-state index in [0.717, 1.165) is 31.6 Å². The Morgan fingerprint density at radius 2 is 1.66 bits per heavy atom. The molecule has 0 unspecified atom stereocenters. The van der Waals surface area contributed by atoms with Crippen LogP contribution in [-0.4, -0.2) is 106 Å². The number of aromatic nitrogens is 1. The molecule has 0 atom stereocenters. The van der Waals surface area contributed by atoms with E-state index in [2.05, 4.69) is 39.3 Å². The Kier molecular flexibility index (Phi) is 9.65. The van der Waals surface area contributed by atoms with E-state index in [1.807, 2.05) is 13.1 Å². The highest BCUT2D eigenvalue weighted by atomic mass is 32.2. The molecular weight excluding hydrogens is 593 g/mol. The number of hydrogen-bond acceptors (Lipinski definition) is 7. The molecule has 0 saturated carbocycles. The summed E-state index contributed by atoms with van der Waals surface area (Å²) in [7, 11) is 1.81. The van der Waals surface area contributed by atoms with Gasteiger partial charge < -0.3 is 29.7 Å². The average Bonchev–Trinajstić information content (AvgIpc) is 3.33. The number of nitrogens with one attached hydrogen (secondary N) is 2. The van der Waals surface area contributed by atoms with E-state index < -0.39 is 22.7 Å². The number of likely N-dealkylation sites (N-methyl/N-ethyl adjacent to an activating group) is 1. The second-order valence-electron chi connectivity index (χ2n) is 11.4. The molecule has 2 aliphatic rings. The van der Waals surface area contributed by atoms with Gasteiger partial charge in [0.25, 0.3) is 0 Å². The average molecular weight is 633 g/mol. The van der Waals surface area contributed by atoms with Gasteiger partial charge in [0.2, 0.25) is 10.0 Å². The van der Waals surface area contributed by atoms with Crippen molar-refractivity contribution in [3.63, 3.8) is 0 Å². The number of methoxy groups -OCH3 is 1. The van der Waals surface area contributed by atoms with E-state index in [1.165, 1.54) is 28.1 Å². The highest BCUT2D eigenvalue weighted by molar-refractivity contribution is 7.89. The maximum absolute atomic E-state index is 13.6. The number of benzene rings is 2. The van der Waals surface area contributed by atoms with Crippen LogP contribution in [0, 0.1) is 11.8 Å². The number of halogens is 3. The number of hydrogen-bond donors (Lipinski definition) is 2. The Labute approximate surface area is 257 Å². The summed E-state index contributed by atoms with van der Waals surface area (Å²) in [5.41, 5.74) is 2.06. The van der Waals surface area contributed by atoms with Crippen molar-refractivity contribution in [1.29, 1.82) is 0 Å². The molecule has 2 saturated heterocycles. The van der Waals surface area contributed by atoms with Gasteiger partial charge in [-0.1, -0.05) is 12.0 Å². The fourth-order valence-corrected chi connectivity index (χ4v) is 7.10. The minimum absolute atomic E-state index is 0.106. The molecule has 0 spiro atoms. The van der Waals surface area contributed by atoms with Crippen LogP contribution in [0.1, 0.15) is 18.5 Å². The molecule has 2 aromatic carbocycles. The predicted molar refractivity (Wildman–Crippen MR) is 167 cm³/mol. The Balaban J connectivity index is 1.34. The van der Waals surface area contributed by atoms with Gasteiger partial charge in [0.1, 0.15) is 12.3 Å². The second-order valence-corrected chi connectivity index (χ2v) is 13.4. The number of fused-ring (bicyclic) bond motifs is 1. The number of piperazine rings is 1. The number of rotatable bonds is 8. The van der Waals surface area contributed by atoms with Crippen LogP contribution in [0.15, 0.2) is 47.4 Å². The van der Waals surface area contributed by atoms with Gasteiger partial charge in [0.15, 0.2) is 0 Å². The first-order valence-electron chi connectivity index (χ1n) is 14.7. The highest BCUT2D eigenvalue weighted by Gasteiger charge is 2.30. The summed E-state index contributed by atoms with van der Waals surface area (Å²) in [6.45, 7) is 3.03. The molecule has 44 heavy (non-hydrogen) atoms. The molecule has 0 aliphatic carbocycles. The van der Waals surface area contributed by atoms with Crippen LogP contribution >= 0.6 is 0 Å². The minimum atomic E-state index is -4.42. The lowest BCUT2D eigenvalue weighted by Gasteiger charge is -2.31. The van der Waals surface area contributed by atoms with Crippen molar-refractivity contribution in [2.75, 3.05) is 77.7 Å². The topological polar surface area (TPSA) is 82.1 Å². The Morgan fingerprint density at radius 1 is 0.955 bits per heavy atom. The zero-order valence-electron chi connectivity index (χ0n) is 25.2. The number of nitrogens with zero attached hydrogens (tertiary/aromatic N) is 4. The van der Waals surface area contributed by atoms with Gasteiger partial charge in [-0.3, -0.25) is 0 Å². The molecule has 2 N–H and O–H groups in total. The van der Waals surface area contributed by atoms with Crippen LogP contribution in [0.5, 0.6) is 5.75 Å². The molecule has 0 radical (unpaired) electrons. The molecule has 0 bridgehead atoms. The second kappa shape index (κ2) is 13.3. The maximum Gasteiger partial charge on any atom is 0.406 e. The Hall–Kier alpha value is -3.44. The Morgan fingerprint density at radius 3 is 2.34 bits per heavy atom. The molecule has 2 fully saturated rings. The quantitative estimate of drug-likeness (QED) is 0.362. The fraction of sp³-hybridized carbons (Fsp3) is 0.484. The van der Waals surface area contributed by atoms with Gasteiger partial charge >= 0.3 is 6.18 Å². The van der Waals surface area contributed by atoms with E-state index in [4.69, 9.17) is 4.74 Å². The minimum Gasteiger partial charge on any atom is -0.495 e. The zero-order valence-corrected chi connectivity index (χ0v) is 26.1. The van der Waals surface area contributed by atoms with E-state index in [0.29, 0.717) is 48.5 Å². The van der Waals surface area contributed by atoms with Crippen LogP contribution in [0.4, 0.5) is 24.5 Å². The highest BCUT2D eigenvalue weighted by Crippen LogP contribution is 2.32. The van der Waals surface area contributed by atoms with Crippen LogP contribution in [-0.2, 0) is 16.6 Å². The summed E-state index contributed by atoms with van der Waals surface area (Å²) in [6, 6.07) is 11.9. The van der Waals surface area contributed by atoms with Gasteiger partial charge in [0, 0.05) is 49.4 Å². The predicted octanol–water partition coefficient (Wildman–Crippen LogP) is 4.12. The van der Waals surface area contributed by atoms with E-state index in [1.54, 1.807) is 24.3 Å². The lowest BCUT2D eigenvalue weighted by Crippen LogP contribution is -2.47. The third kappa shape index (κ3) is 7.43. The first-order chi connectivity index (χ1) is 20.9. The monoisotopic (exact) mass is 632 g/mol. The van der Waals surface area contributed by atoms with Crippen molar-refractivity contribution in [3.8, 4) is 17.6 Å². The van der Waals surface area contributed by atoms with Crippen LogP contribution < -0.4 is 15.4 Å². The molecule has 3 aromatic rings. The largest absolute Gasteiger partial charge is 0.495 e.